The molecule has 4 rings (SSSR count). The van der Waals surface area contributed by atoms with Gasteiger partial charge in [0.2, 0.25) is 0 Å². The first-order valence-corrected chi connectivity index (χ1v) is 9.38. The number of amides is 1. The molecule has 27 heavy (non-hydrogen) atoms. The highest BCUT2D eigenvalue weighted by Gasteiger charge is 2.51. The van der Waals surface area contributed by atoms with Crippen LogP contribution in [0.15, 0.2) is 12.4 Å². The molecule has 0 aliphatic carbocycles. The Morgan fingerprint density at radius 1 is 1.33 bits per heavy atom. The molecule has 148 valence electrons. The van der Waals surface area contributed by atoms with Crippen LogP contribution in [-0.2, 0) is 14.3 Å². The Kier molecular flexibility index (Phi) is 6.10. The fourth-order valence-electron chi connectivity index (χ4n) is 4.27. The van der Waals surface area contributed by atoms with E-state index in [4.69, 9.17) is 14.6 Å². The van der Waals surface area contributed by atoms with Crippen molar-refractivity contribution in [3.63, 3.8) is 0 Å². The lowest BCUT2D eigenvalue weighted by Gasteiger charge is -2.36. The summed E-state index contributed by atoms with van der Waals surface area (Å²) >= 11 is 0. The van der Waals surface area contributed by atoms with Gasteiger partial charge in [0.1, 0.15) is 6.10 Å². The van der Waals surface area contributed by atoms with Gasteiger partial charge in [-0.1, -0.05) is 0 Å². The summed E-state index contributed by atoms with van der Waals surface area (Å²) in [6.45, 7) is 4.03. The van der Waals surface area contributed by atoms with Crippen LogP contribution in [0.1, 0.15) is 42.7 Å². The summed E-state index contributed by atoms with van der Waals surface area (Å²) in [5.41, 5.74) is -0.385. The van der Waals surface area contributed by atoms with Crippen LogP contribution in [0.3, 0.4) is 0 Å². The number of nitrogens with one attached hydrogen (secondary N) is 1. The molecule has 1 aromatic rings. The maximum Gasteiger partial charge on any atom is 0.312 e. The molecular weight excluding hydrogens is 352 g/mol. The number of carbonyl (C=O) groups excluding carboxylic acids is 2. The van der Waals surface area contributed by atoms with Crippen molar-refractivity contribution in [3.05, 3.63) is 18.2 Å². The van der Waals surface area contributed by atoms with Crippen molar-refractivity contribution in [2.24, 2.45) is 5.41 Å². The highest BCUT2D eigenvalue weighted by molar-refractivity contribution is 5.90. The Morgan fingerprint density at radius 2 is 2.00 bits per heavy atom. The second kappa shape index (κ2) is 8.51. The Bertz CT molecular complexity index is 649. The van der Waals surface area contributed by atoms with Crippen LogP contribution in [0.25, 0.3) is 0 Å². The van der Waals surface area contributed by atoms with E-state index in [1.54, 1.807) is 17.3 Å². The monoisotopic (exact) mass is 378 g/mol. The first kappa shape index (κ1) is 19.3. The number of aromatic amines is 1. The van der Waals surface area contributed by atoms with Crippen molar-refractivity contribution in [1.29, 1.82) is 0 Å². The van der Waals surface area contributed by atoms with Gasteiger partial charge in [-0.3, -0.25) is 19.3 Å². The Morgan fingerprint density at radius 3 is 2.59 bits per heavy atom. The lowest BCUT2D eigenvalue weighted by Crippen LogP contribution is -2.45. The number of cyclic esters (lactones) is 1. The second-order valence-corrected chi connectivity index (χ2v) is 7.35. The van der Waals surface area contributed by atoms with E-state index in [1.807, 2.05) is 0 Å². The highest BCUT2D eigenvalue weighted by Crippen LogP contribution is 2.43. The fraction of sp³-hybridized carbons (Fsp3) is 0.667. The topological polar surface area (TPSA) is 116 Å². The number of aromatic nitrogens is 2. The molecule has 0 radical (unpaired) electrons. The minimum Gasteiger partial charge on any atom is -0.483 e. The summed E-state index contributed by atoms with van der Waals surface area (Å²) in [4.78, 5) is 44.2. The van der Waals surface area contributed by atoms with Crippen LogP contribution in [0.4, 0.5) is 0 Å². The van der Waals surface area contributed by atoms with E-state index in [0.29, 0.717) is 31.8 Å². The molecule has 1 atom stereocenters. The van der Waals surface area contributed by atoms with Crippen molar-refractivity contribution < 1.29 is 24.2 Å². The number of H-pyrrole nitrogens is 1. The molecule has 0 saturated carbocycles. The molecule has 3 aliphatic rings. The lowest BCUT2D eigenvalue weighted by atomic mass is 9.76. The van der Waals surface area contributed by atoms with E-state index < -0.39 is 0 Å². The second-order valence-electron chi connectivity index (χ2n) is 7.35. The lowest BCUT2D eigenvalue weighted by molar-refractivity contribution is -0.151. The first-order valence-electron chi connectivity index (χ1n) is 9.38. The van der Waals surface area contributed by atoms with E-state index in [9.17, 15) is 9.59 Å². The largest absolute Gasteiger partial charge is 0.483 e. The third kappa shape index (κ3) is 4.29. The summed E-state index contributed by atoms with van der Waals surface area (Å²) < 4.78 is 5.68. The zero-order valence-corrected chi connectivity index (χ0v) is 15.3. The van der Waals surface area contributed by atoms with Gasteiger partial charge in [-0.15, -0.1) is 0 Å². The van der Waals surface area contributed by atoms with E-state index in [0.717, 1.165) is 26.1 Å². The first-order chi connectivity index (χ1) is 13.1. The minimum atomic E-state index is -0.385. The molecule has 3 aliphatic heterocycles. The third-order valence-electron chi connectivity index (χ3n) is 5.69. The van der Waals surface area contributed by atoms with Crippen molar-refractivity contribution >= 4 is 18.3 Å². The van der Waals surface area contributed by atoms with E-state index in [-0.39, 0.29) is 29.9 Å². The summed E-state index contributed by atoms with van der Waals surface area (Å²) in [5, 5.41) is 6.89. The molecule has 1 unspecified atom stereocenters. The predicted octanol–water partition coefficient (Wildman–Crippen LogP) is 0.744. The zero-order chi connectivity index (χ0) is 19.3. The van der Waals surface area contributed by atoms with Crippen molar-refractivity contribution in [2.45, 2.75) is 38.2 Å². The molecule has 1 amide bonds. The number of imidazole rings is 1. The summed E-state index contributed by atoms with van der Waals surface area (Å²) in [5.74, 6) is 0.221. The van der Waals surface area contributed by atoms with Gasteiger partial charge in [-0.25, -0.2) is 4.98 Å². The Labute approximate surface area is 157 Å². The van der Waals surface area contributed by atoms with Gasteiger partial charge in [-0.2, -0.15) is 0 Å². The summed E-state index contributed by atoms with van der Waals surface area (Å²) in [7, 11) is 0. The maximum atomic E-state index is 12.5. The van der Waals surface area contributed by atoms with Crippen LogP contribution in [0.2, 0.25) is 0 Å². The highest BCUT2D eigenvalue weighted by atomic mass is 16.6. The molecule has 2 N–H and O–H groups in total. The number of piperidine rings is 1. The van der Waals surface area contributed by atoms with Gasteiger partial charge in [0, 0.05) is 38.4 Å². The Balaban J connectivity index is 0.000000659. The molecule has 9 nitrogen and oxygen atoms in total. The number of nitrogens with zero attached hydrogens (tertiary/aromatic N) is 3. The summed E-state index contributed by atoms with van der Waals surface area (Å²) in [6, 6.07) is 0. The molecule has 1 spiro atoms. The molecule has 0 bridgehead atoms. The van der Waals surface area contributed by atoms with Crippen LogP contribution >= 0.6 is 0 Å². The van der Waals surface area contributed by atoms with Gasteiger partial charge < -0.3 is 19.7 Å². The molecule has 3 fully saturated rings. The van der Waals surface area contributed by atoms with Gasteiger partial charge in [0.15, 0.2) is 5.82 Å². The van der Waals surface area contributed by atoms with Gasteiger partial charge >= 0.3 is 5.97 Å². The average Bonchev–Trinajstić information content (AvgIpc) is 3.40. The van der Waals surface area contributed by atoms with Crippen LogP contribution in [-0.4, -0.2) is 82.1 Å². The van der Waals surface area contributed by atoms with Crippen molar-refractivity contribution in [3.8, 4) is 0 Å². The fourth-order valence-corrected chi connectivity index (χ4v) is 4.27. The van der Waals surface area contributed by atoms with E-state index in [2.05, 4.69) is 14.9 Å². The number of rotatable bonds is 3. The molecule has 3 saturated heterocycles. The SMILES string of the molecule is O=C(c1ncc[nH]1)N1CCC2(CC1)CC(CN1CCCC1)OC2=O.O=CO. The Hall–Kier alpha value is -2.42. The number of hydrogen-bond donors (Lipinski definition) is 2. The number of ether oxygens (including phenoxy) is 1. The van der Waals surface area contributed by atoms with E-state index in [1.165, 1.54) is 12.8 Å². The van der Waals surface area contributed by atoms with Gasteiger partial charge in [-0.05, 0) is 38.8 Å². The van der Waals surface area contributed by atoms with Crippen LogP contribution in [0, 0.1) is 5.41 Å². The number of esters is 1. The quantitative estimate of drug-likeness (QED) is 0.589. The maximum absolute atomic E-state index is 12.5. The normalized spacial score (nSPS) is 24.4. The van der Waals surface area contributed by atoms with Crippen LogP contribution in [0.5, 0.6) is 0 Å². The van der Waals surface area contributed by atoms with Crippen molar-refractivity contribution in [2.75, 3.05) is 32.7 Å². The summed E-state index contributed by atoms with van der Waals surface area (Å²) in [6.07, 6.45) is 7.91. The molecular formula is C18H26N4O5. The standard InChI is InChI=1S/C17H24N4O3.CH2O2/c22-15(14-18-5-6-19-14)21-9-3-17(4-10-21)11-13(24-16(17)23)12-20-7-1-2-8-20;2-1-3/h5-6,13H,1-4,7-12H2,(H,18,19);1H,(H,2,3). The van der Waals surface area contributed by atoms with E-state index >= 15 is 0 Å². The van der Waals surface area contributed by atoms with Crippen LogP contribution < -0.4 is 0 Å². The minimum absolute atomic E-state index is 0.0166. The van der Waals surface area contributed by atoms with Gasteiger partial charge in [0.05, 0.1) is 5.41 Å². The molecule has 1 aromatic heterocycles. The number of hydrogen-bond acceptors (Lipinski definition) is 6. The number of carbonyl (C=O) groups is 3. The zero-order valence-electron chi connectivity index (χ0n) is 15.3. The molecule has 4 heterocycles. The predicted molar refractivity (Wildman–Crippen MR) is 95.0 cm³/mol. The molecule has 0 aromatic carbocycles. The smallest absolute Gasteiger partial charge is 0.312 e. The number of likely N-dealkylation sites (tertiary alicyclic amines) is 2. The van der Waals surface area contributed by atoms with Crippen molar-refractivity contribution in [1.82, 2.24) is 19.8 Å². The third-order valence-corrected chi connectivity index (χ3v) is 5.69. The number of carboxylic acid groups (broad SMARTS) is 1. The van der Waals surface area contributed by atoms with Gasteiger partial charge in [0.25, 0.3) is 12.4 Å². The molecule has 9 heteroatoms. The average molecular weight is 378 g/mol.